The minimum Gasteiger partial charge on any atom is -0.375 e. The fraction of sp³-hybridized carbons (Fsp3) is 1.00. The summed E-state index contributed by atoms with van der Waals surface area (Å²) in [6, 6.07) is 0. The lowest BCUT2D eigenvalue weighted by Crippen LogP contribution is -2.51. The predicted molar refractivity (Wildman–Crippen MR) is 42.6 cm³/mol. The van der Waals surface area contributed by atoms with Gasteiger partial charge in [-0.3, -0.25) is 4.90 Å². The molecule has 0 fully saturated rings. The van der Waals surface area contributed by atoms with Crippen LogP contribution in [0.5, 0.6) is 0 Å². The van der Waals surface area contributed by atoms with E-state index >= 15 is 0 Å². The van der Waals surface area contributed by atoms with Gasteiger partial charge >= 0.3 is 0 Å². The van der Waals surface area contributed by atoms with Crippen LogP contribution in [0.25, 0.3) is 0 Å². The Balaban J connectivity index is 3.97. The highest BCUT2D eigenvalue weighted by atomic mass is 16.3. The molecule has 0 amide bonds. The largest absolute Gasteiger partial charge is 0.375 e. The fourth-order valence-electron chi connectivity index (χ4n) is 1.03. The molecule has 0 aliphatic rings. The van der Waals surface area contributed by atoms with Gasteiger partial charge in [0.25, 0.3) is 0 Å². The van der Waals surface area contributed by atoms with E-state index in [9.17, 15) is 5.11 Å². The van der Waals surface area contributed by atoms with Gasteiger partial charge in [-0.15, -0.1) is 0 Å². The molecule has 0 heterocycles. The molecule has 0 aromatic carbocycles. The first-order chi connectivity index (χ1) is 4.58. The molecule has 0 aliphatic carbocycles. The Morgan fingerprint density at radius 3 is 1.90 bits per heavy atom. The number of hydrogen-bond donors (Lipinski definition) is 2. The number of aliphatic hydroxyl groups is 1. The fourth-order valence-corrected chi connectivity index (χ4v) is 1.03. The van der Waals surface area contributed by atoms with Gasteiger partial charge in [-0.2, -0.15) is 0 Å². The molecule has 1 atom stereocenters. The van der Waals surface area contributed by atoms with E-state index in [0.29, 0.717) is 0 Å². The van der Waals surface area contributed by atoms with Crippen molar-refractivity contribution in [2.75, 3.05) is 19.6 Å². The van der Waals surface area contributed by atoms with Gasteiger partial charge in [-0.25, -0.2) is 0 Å². The van der Waals surface area contributed by atoms with Gasteiger partial charge in [0.15, 0.2) is 0 Å². The molecule has 0 saturated carbocycles. The number of nitrogens with zero attached hydrogens (tertiary/aromatic N) is 1. The third-order valence-electron chi connectivity index (χ3n) is 1.83. The second-order valence-corrected chi connectivity index (χ2v) is 2.59. The Labute approximate surface area is 62.8 Å². The van der Waals surface area contributed by atoms with E-state index in [1.165, 1.54) is 0 Å². The minimum atomic E-state index is -0.830. The van der Waals surface area contributed by atoms with E-state index in [1.807, 2.05) is 18.7 Å². The van der Waals surface area contributed by atoms with Crippen molar-refractivity contribution < 1.29 is 5.11 Å². The highest BCUT2D eigenvalue weighted by Crippen LogP contribution is 2.07. The van der Waals surface area contributed by atoms with Crippen LogP contribution in [-0.4, -0.2) is 35.4 Å². The zero-order chi connectivity index (χ0) is 8.20. The van der Waals surface area contributed by atoms with Gasteiger partial charge in [-0.05, 0) is 20.0 Å². The summed E-state index contributed by atoms with van der Waals surface area (Å²) < 4.78 is 0. The van der Waals surface area contributed by atoms with E-state index in [2.05, 4.69) is 0 Å². The maximum Gasteiger partial charge on any atom is 0.127 e. The first-order valence-electron chi connectivity index (χ1n) is 3.76. The Hall–Kier alpha value is -0.120. The van der Waals surface area contributed by atoms with Gasteiger partial charge < -0.3 is 10.8 Å². The Kier molecular flexibility index (Phi) is 3.86. The molecule has 0 bridgehead atoms. The molecule has 0 unspecified atom stereocenters. The monoisotopic (exact) mass is 146 g/mol. The van der Waals surface area contributed by atoms with Crippen LogP contribution in [0, 0.1) is 0 Å². The van der Waals surface area contributed by atoms with Crippen LogP contribution in [-0.2, 0) is 0 Å². The van der Waals surface area contributed by atoms with E-state index in [-0.39, 0.29) is 6.54 Å². The molecule has 0 aromatic heterocycles. The van der Waals surface area contributed by atoms with Crippen molar-refractivity contribution in [3.05, 3.63) is 0 Å². The highest BCUT2D eigenvalue weighted by molar-refractivity contribution is 4.72. The molecule has 3 N–H and O–H groups in total. The van der Waals surface area contributed by atoms with E-state index in [0.717, 1.165) is 13.1 Å². The summed E-state index contributed by atoms with van der Waals surface area (Å²) in [5.41, 5.74) is 4.54. The number of nitrogens with two attached hydrogens (primary N) is 1. The summed E-state index contributed by atoms with van der Waals surface area (Å²) >= 11 is 0. The maximum atomic E-state index is 9.58. The molecule has 0 aromatic rings. The van der Waals surface area contributed by atoms with E-state index in [1.54, 1.807) is 6.92 Å². The van der Waals surface area contributed by atoms with Crippen molar-refractivity contribution in [3.8, 4) is 0 Å². The van der Waals surface area contributed by atoms with Crippen molar-refractivity contribution in [3.63, 3.8) is 0 Å². The van der Waals surface area contributed by atoms with Crippen molar-refractivity contribution in [2.24, 2.45) is 5.73 Å². The highest BCUT2D eigenvalue weighted by Gasteiger charge is 2.23. The molecule has 0 spiro atoms. The number of hydrogen-bond acceptors (Lipinski definition) is 3. The maximum absolute atomic E-state index is 9.58. The predicted octanol–water partition coefficient (Wildman–Crippen LogP) is -0.00460. The minimum absolute atomic E-state index is 0.286. The van der Waals surface area contributed by atoms with Crippen LogP contribution in [0.3, 0.4) is 0 Å². The third-order valence-corrected chi connectivity index (χ3v) is 1.83. The average molecular weight is 146 g/mol. The van der Waals surface area contributed by atoms with Gasteiger partial charge in [0.05, 0.1) is 0 Å². The summed E-state index contributed by atoms with van der Waals surface area (Å²) in [5, 5.41) is 9.58. The van der Waals surface area contributed by atoms with Crippen LogP contribution in [0.15, 0.2) is 0 Å². The first-order valence-corrected chi connectivity index (χ1v) is 3.76. The standard InChI is InChI=1S/C7H18N2O/c1-4-9(5-2)7(3,10)6-8/h10H,4-6,8H2,1-3H3/t7-/m1/s1. The van der Waals surface area contributed by atoms with E-state index < -0.39 is 5.72 Å². The van der Waals surface area contributed by atoms with Crippen LogP contribution in [0.4, 0.5) is 0 Å². The van der Waals surface area contributed by atoms with Crippen LogP contribution < -0.4 is 5.73 Å². The van der Waals surface area contributed by atoms with Gasteiger partial charge in [0, 0.05) is 6.54 Å². The van der Waals surface area contributed by atoms with Gasteiger partial charge in [0.1, 0.15) is 5.72 Å². The quantitative estimate of drug-likeness (QED) is 0.549. The van der Waals surface area contributed by atoms with Crippen molar-refractivity contribution in [1.82, 2.24) is 4.90 Å². The Morgan fingerprint density at radius 1 is 1.40 bits per heavy atom. The second-order valence-electron chi connectivity index (χ2n) is 2.59. The Bertz CT molecular complexity index is 89.6. The van der Waals surface area contributed by atoms with Crippen molar-refractivity contribution in [2.45, 2.75) is 26.5 Å². The Morgan fingerprint density at radius 2 is 1.80 bits per heavy atom. The third kappa shape index (κ3) is 2.25. The number of rotatable bonds is 4. The molecule has 0 aliphatic heterocycles. The first kappa shape index (κ1) is 9.88. The van der Waals surface area contributed by atoms with Gasteiger partial charge in [0.2, 0.25) is 0 Å². The molecule has 0 saturated heterocycles. The molecule has 10 heavy (non-hydrogen) atoms. The van der Waals surface area contributed by atoms with Crippen LogP contribution in [0.1, 0.15) is 20.8 Å². The zero-order valence-corrected chi connectivity index (χ0v) is 7.09. The molecule has 3 heteroatoms. The summed E-state index contributed by atoms with van der Waals surface area (Å²) in [6.07, 6.45) is 0. The summed E-state index contributed by atoms with van der Waals surface area (Å²) in [5.74, 6) is 0. The molecule has 0 radical (unpaired) electrons. The van der Waals surface area contributed by atoms with Gasteiger partial charge in [-0.1, -0.05) is 13.8 Å². The average Bonchev–Trinajstić information content (AvgIpc) is 1.90. The molecule has 62 valence electrons. The summed E-state index contributed by atoms with van der Waals surface area (Å²) in [7, 11) is 0. The lowest BCUT2D eigenvalue weighted by molar-refractivity contribution is -0.0803. The van der Waals surface area contributed by atoms with Crippen molar-refractivity contribution >= 4 is 0 Å². The SMILES string of the molecule is CCN(CC)[C@](C)(O)CN. The molecular weight excluding hydrogens is 128 g/mol. The second kappa shape index (κ2) is 3.91. The van der Waals surface area contributed by atoms with E-state index in [4.69, 9.17) is 5.73 Å². The molecule has 0 rings (SSSR count). The molecule has 3 nitrogen and oxygen atoms in total. The smallest absolute Gasteiger partial charge is 0.127 e. The lowest BCUT2D eigenvalue weighted by Gasteiger charge is -2.34. The molecular formula is C7H18N2O. The van der Waals surface area contributed by atoms with Crippen molar-refractivity contribution in [1.29, 1.82) is 0 Å². The topological polar surface area (TPSA) is 49.5 Å². The summed E-state index contributed by atoms with van der Waals surface area (Å²) in [4.78, 5) is 1.92. The van der Waals surface area contributed by atoms with Crippen LogP contribution >= 0.6 is 0 Å². The van der Waals surface area contributed by atoms with Crippen LogP contribution in [0.2, 0.25) is 0 Å². The normalized spacial score (nSPS) is 17.4. The number of likely N-dealkylation sites (N-methyl/N-ethyl adjacent to an activating group) is 1. The summed E-state index contributed by atoms with van der Waals surface area (Å²) in [6.45, 7) is 7.71. The lowest BCUT2D eigenvalue weighted by atomic mass is 10.2. The zero-order valence-electron chi connectivity index (χ0n) is 7.09.